The number of rotatable bonds is 5. The highest BCUT2D eigenvalue weighted by Gasteiger charge is 2.21. The van der Waals surface area contributed by atoms with Crippen molar-refractivity contribution < 1.29 is 9.72 Å². The van der Waals surface area contributed by atoms with Crippen molar-refractivity contribution >= 4 is 17.3 Å². The summed E-state index contributed by atoms with van der Waals surface area (Å²) in [7, 11) is 0. The minimum atomic E-state index is -0.385. The first-order chi connectivity index (χ1) is 9.61. The maximum Gasteiger partial charge on any atom is 0.292 e. The van der Waals surface area contributed by atoms with Gasteiger partial charge in [0.2, 0.25) is 5.91 Å². The summed E-state index contributed by atoms with van der Waals surface area (Å²) < 4.78 is 0. The van der Waals surface area contributed by atoms with Gasteiger partial charge in [-0.15, -0.1) is 0 Å². The molecule has 1 aromatic rings. The minimum Gasteiger partial charge on any atom is -0.380 e. The lowest BCUT2D eigenvalue weighted by atomic mass is 10.1. The van der Waals surface area contributed by atoms with Crippen molar-refractivity contribution in [3.8, 4) is 0 Å². The number of amides is 1. The third-order valence-electron chi connectivity index (χ3n) is 3.19. The van der Waals surface area contributed by atoms with Gasteiger partial charge in [0.15, 0.2) is 0 Å². The van der Waals surface area contributed by atoms with E-state index < -0.39 is 0 Å². The van der Waals surface area contributed by atoms with Crippen molar-refractivity contribution in [1.29, 1.82) is 0 Å². The second kappa shape index (κ2) is 6.33. The van der Waals surface area contributed by atoms with E-state index in [1.807, 2.05) is 17.9 Å². The number of carbonyl (C=O) groups is 1. The molecule has 0 radical (unpaired) electrons. The molecule has 1 saturated heterocycles. The van der Waals surface area contributed by atoms with E-state index in [0.717, 1.165) is 12.1 Å². The Morgan fingerprint density at radius 1 is 1.50 bits per heavy atom. The summed E-state index contributed by atoms with van der Waals surface area (Å²) in [6, 6.07) is 5.03. The molecule has 108 valence electrons. The minimum absolute atomic E-state index is 0.00770. The van der Waals surface area contributed by atoms with Crippen molar-refractivity contribution in [2.75, 3.05) is 31.5 Å². The molecular weight excluding hydrogens is 260 g/mol. The highest BCUT2D eigenvalue weighted by Crippen LogP contribution is 2.29. The molecule has 2 rings (SSSR count). The van der Waals surface area contributed by atoms with Crippen LogP contribution in [0.25, 0.3) is 0 Å². The number of nitro groups is 1. The van der Waals surface area contributed by atoms with E-state index >= 15 is 0 Å². The normalized spacial score (nSPS) is 15.8. The van der Waals surface area contributed by atoms with Gasteiger partial charge in [0, 0.05) is 32.2 Å². The molecule has 0 saturated carbocycles. The lowest BCUT2D eigenvalue weighted by Gasteiger charge is -2.27. The molecular formula is C13H18N4O3. The molecule has 0 spiro atoms. The van der Waals surface area contributed by atoms with Crippen molar-refractivity contribution in [2.24, 2.45) is 0 Å². The lowest BCUT2D eigenvalue weighted by molar-refractivity contribution is -0.384. The monoisotopic (exact) mass is 278 g/mol. The van der Waals surface area contributed by atoms with Gasteiger partial charge >= 0.3 is 0 Å². The fourth-order valence-electron chi connectivity index (χ4n) is 2.32. The van der Waals surface area contributed by atoms with Crippen LogP contribution < -0.4 is 10.6 Å². The van der Waals surface area contributed by atoms with Gasteiger partial charge in [-0.25, -0.2) is 0 Å². The summed E-state index contributed by atoms with van der Waals surface area (Å²) in [5.41, 5.74) is 1.47. The molecule has 2 N–H and O–H groups in total. The topological polar surface area (TPSA) is 87.5 Å². The van der Waals surface area contributed by atoms with Crippen LogP contribution in [-0.4, -0.2) is 41.9 Å². The maximum atomic E-state index is 11.4. The second-order valence-electron chi connectivity index (χ2n) is 4.66. The van der Waals surface area contributed by atoms with Crippen LogP contribution in [0.1, 0.15) is 12.5 Å². The van der Waals surface area contributed by atoms with Crippen LogP contribution in [0.4, 0.5) is 11.4 Å². The number of nitrogens with one attached hydrogen (secondary N) is 2. The summed E-state index contributed by atoms with van der Waals surface area (Å²) in [5, 5.41) is 16.9. The SMILES string of the molecule is CCNc1c(CN2CCNC(=O)C2)cccc1[N+](=O)[O-]. The van der Waals surface area contributed by atoms with Crippen LogP contribution in [0.2, 0.25) is 0 Å². The van der Waals surface area contributed by atoms with Gasteiger partial charge in [-0.3, -0.25) is 19.8 Å². The van der Waals surface area contributed by atoms with E-state index in [-0.39, 0.29) is 16.5 Å². The van der Waals surface area contributed by atoms with E-state index in [1.54, 1.807) is 6.07 Å². The Balaban J connectivity index is 2.23. The van der Waals surface area contributed by atoms with Crippen LogP contribution >= 0.6 is 0 Å². The molecule has 0 aromatic heterocycles. The van der Waals surface area contributed by atoms with Crippen LogP contribution in [0.5, 0.6) is 0 Å². The van der Waals surface area contributed by atoms with Gasteiger partial charge in [0.25, 0.3) is 5.69 Å². The van der Waals surface area contributed by atoms with Crippen molar-refractivity contribution in [1.82, 2.24) is 10.2 Å². The number of para-hydroxylation sites is 1. The first kappa shape index (κ1) is 14.3. The number of carbonyl (C=O) groups excluding carboxylic acids is 1. The fourth-order valence-corrected chi connectivity index (χ4v) is 2.32. The molecule has 0 atom stereocenters. The highest BCUT2D eigenvalue weighted by atomic mass is 16.6. The van der Waals surface area contributed by atoms with Crippen molar-refractivity contribution in [3.63, 3.8) is 0 Å². The average Bonchev–Trinajstić information content (AvgIpc) is 2.40. The number of nitrogens with zero attached hydrogens (tertiary/aromatic N) is 2. The molecule has 0 unspecified atom stereocenters. The third kappa shape index (κ3) is 3.24. The van der Waals surface area contributed by atoms with E-state index in [2.05, 4.69) is 10.6 Å². The number of piperazine rings is 1. The van der Waals surface area contributed by atoms with E-state index in [1.165, 1.54) is 6.07 Å². The second-order valence-corrected chi connectivity index (χ2v) is 4.66. The lowest BCUT2D eigenvalue weighted by Crippen LogP contribution is -2.47. The quantitative estimate of drug-likeness (QED) is 0.618. The van der Waals surface area contributed by atoms with Gasteiger partial charge in [-0.2, -0.15) is 0 Å². The Morgan fingerprint density at radius 3 is 2.95 bits per heavy atom. The Morgan fingerprint density at radius 2 is 2.30 bits per heavy atom. The number of nitro benzene ring substituents is 1. The Labute approximate surface area is 117 Å². The standard InChI is InChI=1S/C13H18N4O3/c1-2-14-13-10(4-3-5-11(13)17(19)20)8-16-7-6-15-12(18)9-16/h3-5,14H,2,6-9H2,1H3,(H,15,18). The largest absolute Gasteiger partial charge is 0.380 e. The molecule has 1 aliphatic rings. The number of anilines is 1. The molecule has 1 fully saturated rings. The Bertz CT molecular complexity index is 518. The molecule has 1 aromatic carbocycles. The van der Waals surface area contributed by atoms with E-state index in [4.69, 9.17) is 0 Å². The van der Waals surface area contributed by atoms with Crippen LogP contribution in [-0.2, 0) is 11.3 Å². The van der Waals surface area contributed by atoms with Crippen LogP contribution in [0, 0.1) is 10.1 Å². The van der Waals surface area contributed by atoms with E-state index in [0.29, 0.717) is 31.9 Å². The average molecular weight is 278 g/mol. The first-order valence-corrected chi connectivity index (χ1v) is 6.61. The molecule has 7 nitrogen and oxygen atoms in total. The van der Waals surface area contributed by atoms with E-state index in [9.17, 15) is 14.9 Å². The molecule has 20 heavy (non-hydrogen) atoms. The number of hydrogen-bond donors (Lipinski definition) is 2. The zero-order chi connectivity index (χ0) is 14.5. The van der Waals surface area contributed by atoms with Gasteiger partial charge in [-0.1, -0.05) is 12.1 Å². The van der Waals surface area contributed by atoms with Gasteiger partial charge < -0.3 is 10.6 Å². The van der Waals surface area contributed by atoms with Crippen LogP contribution in [0.3, 0.4) is 0 Å². The summed E-state index contributed by atoms with van der Waals surface area (Å²) in [5.74, 6) is -0.00770. The zero-order valence-corrected chi connectivity index (χ0v) is 11.4. The van der Waals surface area contributed by atoms with Crippen LogP contribution in [0.15, 0.2) is 18.2 Å². The summed E-state index contributed by atoms with van der Waals surface area (Å²) in [6.45, 7) is 4.73. The summed E-state index contributed by atoms with van der Waals surface area (Å²) in [6.07, 6.45) is 0. The number of benzene rings is 1. The highest BCUT2D eigenvalue weighted by molar-refractivity contribution is 5.78. The molecule has 0 bridgehead atoms. The predicted octanol–water partition coefficient (Wildman–Crippen LogP) is 0.958. The zero-order valence-electron chi connectivity index (χ0n) is 11.4. The Kier molecular flexibility index (Phi) is 4.52. The predicted molar refractivity (Wildman–Crippen MR) is 75.5 cm³/mol. The third-order valence-corrected chi connectivity index (χ3v) is 3.19. The van der Waals surface area contributed by atoms with Crippen molar-refractivity contribution in [3.05, 3.63) is 33.9 Å². The smallest absolute Gasteiger partial charge is 0.292 e. The van der Waals surface area contributed by atoms with Crippen molar-refractivity contribution in [2.45, 2.75) is 13.5 Å². The first-order valence-electron chi connectivity index (χ1n) is 6.61. The molecule has 7 heteroatoms. The maximum absolute atomic E-state index is 11.4. The summed E-state index contributed by atoms with van der Waals surface area (Å²) >= 11 is 0. The molecule has 1 amide bonds. The fraction of sp³-hybridized carbons (Fsp3) is 0.462. The number of hydrogen-bond acceptors (Lipinski definition) is 5. The van der Waals surface area contributed by atoms with Gasteiger partial charge in [0.1, 0.15) is 5.69 Å². The Hall–Kier alpha value is -2.15. The van der Waals surface area contributed by atoms with Gasteiger partial charge in [-0.05, 0) is 12.5 Å². The summed E-state index contributed by atoms with van der Waals surface area (Å²) in [4.78, 5) is 24.1. The molecule has 1 aliphatic heterocycles. The molecule has 0 aliphatic carbocycles. The van der Waals surface area contributed by atoms with Gasteiger partial charge in [0.05, 0.1) is 11.5 Å². The molecule has 1 heterocycles.